The summed E-state index contributed by atoms with van der Waals surface area (Å²) < 4.78 is 15.5. The molecule has 3 rings (SSSR count). The van der Waals surface area contributed by atoms with Gasteiger partial charge < -0.3 is 13.7 Å². The second-order valence-electron chi connectivity index (χ2n) is 3.95. The number of rotatable bonds is 5. The maximum Gasteiger partial charge on any atom is 0.238 e. The highest BCUT2D eigenvalue weighted by Crippen LogP contribution is 2.25. The quantitative estimate of drug-likeness (QED) is 0.668. The van der Waals surface area contributed by atoms with Gasteiger partial charge in [0.2, 0.25) is 11.7 Å². The Balaban J connectivity index is 1.63. The lowest BCUT2D eigenvalue weighted by atomic mass is 10.3. The Labute approximate surface area is 119 Å². The maximum atomic E-state index is 5.22. The molecule has 2 aromatic heterocycles. The summed E-state index contributed by atoms with van der Waals surface area (Å²) in [5.41, 5.74) is 0. The Morgan fingerprint density at radius 1 is 1.20 bits per heavy atom. The summed E-state index contributed by atoms with van der Waals surface area (Å²) in [7, 11) is 1.65. The van der Waals surface area contributed by atoms with Crippen LogP contribution in [0.1, 0.15) is 5.89 Å². The van der Waals surface area contributed by atoms with Gasteiger partial charge in [-0.25, -0.2) is 0 Å². The minimum atomic E-state index is 0.473. The van der Waals surface area contributed by atoms with Gasteiger partial charge in [0, 0.05) is 4.90 Å². The molecule has 0 fully saturated rings. The van der Waals surface area contributed by atoms with Gasteiger partial charge >= 0.3 is 0 Å². The molecule has 3 aromatic rings. The highest BCUT2D eigenvalue weighted by Gasteiger charge is 2.10. The highest BCUT2D eigenvalue weighted by molar-refractivity contribution is 7.98. The molecule has 0 bridgehead atoms. The zero-order valence-corrected chi connectivity index (χ0v) is 11.6. The van der Waals surface area contributed by atoms with Crippen LogP contribution in [0.3, 0.4) is 0 Å². The van der Waals surface area contributed by atoms with Crippen molar-refractivity contribution < 1.29 is 13.7 Å². The first-order valence-electron chi connectivity index (χ1n) is 5.98. The second-order valence-corrected chi connectivity index (χ2v) is 5.00. The number of methoxy groups -OCH3 is 1. The van der Waals surface area contributed by atoms with Crippen LogP contribution in [0.25, 0.3) is 11.6 Å². The molecule has 0 aliphatic rings. The van der Waals surface area contributed by atoms with Gasteiger partial charge in [-0.3, -0.25) is 0 Å². The Bertz CT molecular complexity index is 662. The van der Waals surface area contributed by atoms with Crippen LogP contribution in [0.15, 0.2) is 56.5 Å². The molecule has 0 atom stereocenters. The van der Waals surface area contributed by atoms with Crippen LogP contribution in [0, 0.1) is 0 Å². The van der Waals surface area contributed by atoms with Gasteiger partial charge in [-0.2, -0.15) is 4.98 Å². The van der Waals surface area contributed by atoms with Gasteiger partial charge in [-0.15, -0.1) is 11.8 Å². The van der Waals surface area contributed by atoms with E-state index in [1.807, 2.05) is 24.3 Å². The molecule has 6 heteroatoms. The molecule has 1 aromatic carbocycles. The average Bonchev–Trinajstić information content (AvgIpc) is 3.16. The van der Waals surface area contributed by atoms with Crippen molar-refractivity contribution in [1.29, 1.82) is 0 Å². The van der Waals surface area contributed by atoms with Crippen LogP contribution >= 0.6 is 11.8 Å². The number of nitrogens with zero attached hydrogens (tertiary/aromatic N) is 2. The lowest BCUT2D eigenvalue weighted by molar-refractivity contribution is 0.390. The normalized spacial score (nSPS) is 10.7. The van der Waals surface area contributed by atoms with Crippen molar-refractivity contribution in [3.8, 4) is 17.3 Å². The molecule has 0 radical (unpaired) electrons. The Morgan fingerprint density at radius 2 is 2.05 bits per heavy atom. The fraction of sp³-hybridized carbons (Fsp3) is 0.143. The monoisotopic (exact) mass is 288 g/mol. The fourth-order valence-electron chi connectivity index (χ4n) is 1.64. The minimum absolute atomic E-state index is 0.473. The molecule has 0 saturated carbocycles. The molecule has 20 heavy (non-hydrogen) atoms. The third kappa shape index (κ3) is 2.85. The largest absolute Gasteiger partial charge is 0.497 e. The van der Waals surface area contributed by atoms with Crippen molar-refractivity contribution >= 4 is 11.8 Å². The zero-order valence-electron chi connectivity index (χ0n) is 10.8. The first-order chi connectivity index (χ1) is 9.85. The van der Waals surface area contributed by atoms with Gasteiger partial charge in [0.05, 0.1) is 19.1 Å². The average molecular weight is 288 g/mol. The lowest BCUT2D eigenvalue weighted by Gasteiger charge is -2.01. The summed E-state index contributed by atoms with van der Waals surface area (Å²) in [5, 5.41) is 3.89. The van der Waals surface area contributed by atoms with Crippen molar-refractivity contribution in [3.63, 3.8) is 0 Å². The molecule has 0 unspecified atom stereocenters. The second kappa shape index (κ2) is 5.83. The van der Waals surface area contributed by atoms with Crippen LogP contribution in [0.4, 0.5) is 0 Å². The molecular formula is C14H12N2O3S. The highest BCUT2D eigenvalue weighted by atomic mass is 32.2. The number of furan rings is 1. The number of ether oxygens (including phenoxy) is 1. The number of hydrogen-bond acceptors (Lipinski definition) is 6. The molecule has 5 nitrogen and oxygen atoms in total. The summed E-state index contributed by atoms with van der Waals surface area (Å²) in [5.74, 6) is 3.10. The van der Waals surface area contributed by atoms with E-state index in [0.717, 1.165) is 10.6 Å². The number of benzene rings is 1. The van der Waals surface area contributed by atoms with Gasteiger partial charge in [-0.1, -0.05) is 5.16 Å². The molecule has 0 aliphatic heterocycles. The summed E-state index contributed by atoms with van der Waals surface area (Å²) in [6.45, 7) is 0. The summed E-state index contributed by atoms with van der Waals surface area (Å²) in [6.07, 6.45) is 1.58. The third-order valence-electron chi connectivity index (χ3n) is 2.63. The zero-order chi connectivity index (χ0) is 13.8. The topological polar surface area (TPSA) is 61.3 Å². The molecule has 0 spiro atoms. The molecule has 102 valence electrons. The molecular weight excluding hydrogens is 276 g/mol. The fourth-order valence-corrected chi connectivity index (χ4v) is 2.37. The Kier molecular flexibility index (Phi) is 3.73. The summed E-state index contributed by atoms with van der Waals surface area (Å²) in [4.78, 5) is 5.40. The lowest BCUT2D eigenvalue weighted by Crippen LogP contribution is -1.83. The predicted molar refractivity (Wildman–Crippen MR) is 74.6 cm³/mol. The van der Waals surface area contributed by atoms with Gasteiger partial charge in [0.15, 0.2) is 5.76 Å². The number of thioether (sulfide) groups is 1. The van der Waals surface area contributed by atoms with E-state index in [1.165, 1.54) is 0 Å². The first kappa shape index (κ1) is 12.8. The first-order valence-corrected chi connectivity index (χ1v) is 6.97. The van der Waals surface area contributed by atoms with Crippen LogP contribution in [0.5, 0.6) is 5.75 Å². The van der Waals surface area contributed by atoms with E-state index in [0.29, 0.717) is 23.2 Å². The predicted octanol–water partition coefficient (Wildman–Crippen LogP) is 3.63. The van der Waals surface area contributed by atoms with E-state index in [2.05, 4.69) is 10.1 Å². The minimum Gasteiger partial charge on any atom is -0.497 e. The van der Waals surface area contributed by atoms with Gasteiger partial charge in [0.1, 0.15) is 5.75 Å². The van der Waals surface area contributed by atoms with Crippen molar-refractivity contribution in [2.45, 2.75) is 10.6 Å². The van der Waals surface area contributed by atoms with Crippen LogP contribution in [-0.2, 0) is 5.75 Å². The van der Waals surface area contributed by atoms with Crippen molar-refractivity contribution in [2.24, 2.45) is 0 Å². The Hall–Kier alpha value is -2.21. The summed E-state index contributed by atoms with van der Waals surface area (Å²) >= 11 is 1.62. The van der Waals surface area contributed by atoms with Crippen LogP contribution in [0.2, 0.25) is 0 Å². The molecule has 0 amide bonds. The van der Waals surface area contributed by atoms with E-state index in [-0.39, 0.29) is 0 Å². The smallest absolute Gasteiger partial charge is 0.238 e. The maximum absolute atomic E-state index is 5.22. The van der Waals surface area contributed by atoms with E-state index < -0.39 is 0 Å². The Morgan fingerprint density at radius 3 is 2.75 bits per heavy atom. The number of aromatic nitrogens is 2. The van der Waals surface area contributed by atoms with E-state index in [1.54, 1.807) is 37.3 Å². The van der Waals surface area contributed by atoms with Gasteiger partial charge in [0.25, 0.3) is 0 Å². The molecule has 0 saturated heterocycles. The van der Waals surface area contributed by atoms with E-state index >= 15 is 0 Å². The van der Waals surface area contributed by atoms with Crippen molar-refractivity contribution in [1.82, 2.24) is 10.1 Å². The van der Waals surface area contributed by atoms with Crippen molar-refractivity contribution in [3.05, 3.63) is 48.6 Å². The van der Waals surface area contributed by atoms with Crippen molar-refractivity contribution in [2.75, 3.05) is 7.11 Å². The van der Waals surface area contributed by atoms with E-state index in [9.17, 15) is 0 Å². The standard InChI is InChI=1S/C14H12N2O3S/c1-17-10-4-6-11(7-5-10)20-9-13-15-14(16-19-13)12-3-2-8-18-12/h2-8H,9H2,1H3. The van der Waals surface area contributed by atoms with E-state index in [4.69, 9.17) is 13.7 Å². The van der Waals surface area contributed by atoms with Crippen LogP contribution in [-0.4, -0.2) is 17.3 Å². The molecule has 0 N–H and O–H groups in total. The van der Waals surface area contributed by atoms with Crippen LogP contribution < -0.4 is 4.74 Å². The SMILES string of the molecule is COc1ccc(SCc2nc(-c3ccco3)no2)cc1. The molecule has 0 aliphatic carbocycles. The number of hydrogen-bond donors (Lipinski definition) is 0. The third-order valence-corrected chi connectivity index (χ3v) is 3.63. The molecule has 2 heterocycles. The summed E-state index contributed by atoms with van der Waals surface area (Å²) in [6, 6.07) is 11.4. The van der Waals surface area contributed by atoms with Gasteiger partial charge in [-0.05, 0) is 36.4 Å².